The van der Waals surface area contributed by atoms with Crippen LogP contribution in [-0.4, -0.2) is 68.4 Å². The first-order valence-electron chi connectivity index (χ1n) is 8.08. The largest absolute Gasteiger partial charge is 0.364 e. The Labute approximate surface area is 144 Å². The number of hydrogen-bond donors (Lipinski definition) is 0. The summed E-state index contributed by atoms with van der Waals surface area (Å²) in [6, 6.07) is 5.44. The number of morpholine rings is 1. The first kappa shape index (κ1) is 15.6. The highest BCUT2D eigenvalue weighted by molar-refractivity contribution is 5.92. The molecule has 2 atom stereocenters. The topological polar surface area (TPSA) is 88.5 Å². The maximum absolute atomic E-state index is 12.6. The molecule has 0 aromatic carbocycles. The van der Waals surface area contributed by atoms with Crippen molar-refractivity contribution >= 4 is 11.8 Å². The van der Waals surface area contributed by atoms with Crippen LogP contribution >= 0.6 is 0 Å². The van der Waals surface area contributed by atoms with Crippen molar-refractivity contribution < 1.29 is 14.3 Å². The number of nitrogens with zero attached hydrogens (tertiary/aromatic N) is 5. The van der Waals surface area contributed by atoms with Gasteiger partial charge in [-0.05, 0) is 12.1 Å². The van der Waals surface area contributed by atoms with Gasteiger partial charge in [-0.15, -0.1) is 0 Å². The fourth-order valence-corrected chi connectivity index (χ4v) is 3.27. The zero-order valence-electron chi connectivity index (χ0n) is 13.5. The summed E-state index contributed by atoms with van der Waals surface area (Å²) in [6.45, 7) is 1.29. The zero-order valence-corrected chi connectivity index (χ0v) is 13.5. The summed E-state index contributed by atoms with van der Waals surface area (Å²) in [5.41, 5.74) is 1.11. The molecular weight excluding hydrogens is 322 g/mol. The van der Waals surface area contributed by atoms with E-state index in [0.29, 0.717) is 25.3 Å². The van der Waals surface area contributed by atoms with Gasteiger partial charge in [-0.25, -0.2) is 4.98 Å². The van der Waals surface area contributed by atoms with Gasteiger partial charge in [0.2, 0.25) is 5.91 Å². The van der Waals surface area contributed by atoms with E-state index < -0.39 is 0 Å². The van der Waals surface area contributed by atoms with Gasteiger partial charge in [-0.1, -0.05) is 6.07 Å². The van der Waals surface area contributed by atoms with Crippen LogP contribution in [0.25, 0.3) is 0 Å². The molecule has 2 saturated heterocycles. The van der Waals surface area contributed by atoms with E-state index in [4.69, 9.17) is 4.74 Å². The quantitative estimate of drug-likeness (QED) is 0.789. The third-order valence-electron chi connectivity index (χ3n) is 4.51. The van der Waals surface area contributed by atoms with Gasteiger partial charge in [-0.2, -0.15) is 0 Å². The van der Waals surface area contributed by atoms with Crippen LogP contribution in [-0.2, 0) is 16.1 Å². The molecule has 2 unspecified atom stereocenters. The molecule has 128 valence electrons. The van der Waals surface area contributed by atoms with Crippen LogP contribution in [0.2, 0.25) is 0 Å². The van der Waals surface area contributed by atoms with Crippen LogP contribution < -0.4 is 0 Å². The summed E-state index contributed by atoms with van der Waals surface area (Å²) in [5, 5.41) is 0. The van der Waals surface area contributed by atoms with Crippen molar-refractivity contribution in [3.8, 4) is 0 Å². The predicted octanol–water partition coefficient (Wildman–Crippen LogP) is 0.124. The highest BCUT2D eigenvalue weighted by atomic mass is 16.5. The number of rotatable bonds is 3. The average molecular weight is 339 g/mol. The van der Waals surface area contributed by atoms with E-state index in [0.717, 1.165) is 5.69 Å². The first-order valence-corrected chi connectivity index (χ1v) is 8.08. The predicted molar refractivity (Wildman–Crippen MR) is 86.3 cm³/mol. The fraction of sp³-hybridized carbons (Fsp3) is 0.353. The molecule has 4 heterocycles. The van der Waals surface area contributed by atoms with E-state index in [9.17, 15) is 9.59 Å². The van der Waals surface area contributed by atoms with Crippen molar-refractivity contribution in [3.05, 3.63) is 54.4 Å². The Morgan fingerprint density at radius 2 is 2.12 bits per heavy atom. The minimum Gasteiger partial charge on any atom is -0.364 e. The minimum absolute atomic E-state index is 0.0289. The van der Waals surface area contributed by atoms with Crippen molar-refractivity contribution in [2.45, 2.75) is 18.7 Å². The third kappa shape index (κ3) is 3.08. The lowest BCUT2D eigenvalue weighted by molar-refractivity contribution is -0.154. The lowest BCUT2D eigenvalue weighted by Crippen LogP contribution is -2.53. The van der Waals surface area contributed by atoms with Gasteiger partial charge in [0.1, 0.15) is 12.3 Å². The lowest BCUT2D eigenvalue weighted by Gasteiger charge is -2.36. The molecule has 2 aromatic rings. The molecule has 0 bridgehead atoms. The number of hydrogen-bond acceptors (Lipinski definition) is 6. The van der Waals surface area contributed by atoms with Crippen LogP contribution in [0.3, 0.4) is 0 Å². The van der Waals surface area contributed by atoms with Crippen molar-refractivity contribution in [2.24, 2.45) is 0 Å². The van der Waals surface area contributed by atoms with E-state index in [-0.39, 0.29) is 30.6 Å². The monoisotopic (exact) mass is 339 g/mol. The van der Waals surface area contributed by atoms with E-state index in [1.807, 2.05) is 18.2 Å². The molecule has 0 saturated carbocycles. The number of likely N-dealkylation sites (tertiary alicyclic amines) is 1. The Balaban J connectivity index is 1.52. The molecular formula is C17H17N5O3. The smallest absolute Gasteiger partial charge is 0.274 e. The maximum Gasteiger partial charge on any atom is 0.274 e. The summed E-state index contributed by atoms with van der Waals surface area (Å²) in [5.74, 6) is -0.281. The number of amides is 2. The standard InChI is InChI=1S/C17H17N5O3/c23-16-11-25-15-10-21(17(24)13-7-18-5-6-20-13)9-14(15)22(16)8-12-3-1-2-4-19-12/h1-7,14-15H,8-11H2. The number of pyridine rings is 1. The van der Waals surface area contributed by atoms with Crippen molar-refractivity contribution in [1.82, 2.24) is 24.8 Å². The molecule has 2 aromatic heterocycles. The normalized spacial score (nSPS) is 22.8. The molecule has 2 aliphatic heterocycles. The van der Waals surface area contributed by atoms with Gasteiger partial charge >= 0.3 is 0 Å². The van der Waals surface area contributed by atoms with Crippen LogP contribution in [0.5, 0.6) is 0 Å². The van der Waals surface area contributed by atoms with Crippen molar-refractivity contribution in [3.63, 3.8) is 0 Å². The average Bonchev–Trinajstić information content (AvgIpc) is 3.10. The molecule has 2 amide bonds. The van der Waals surface area contributed by atoms with Crippen LogP contribution in [0.4, 0.5) is 0 Å². The van der Waals surface area contributed by atoms with Gasteiger partial charge in [0, 0.05) is 31.7 Å². The second kappa shape index (κ2) is 6.56. The molecule has 0 radical (unpaired) electrons. The molecule has 25 heavy (non-hydrogen) atoms. The Morgan fingerprint density at radius 1 is 1.20 bits per heavy atom. The summed E-state index contributed by atoms with van der Waals surface area (Å²) < 4.78 is 5.66. The summed E-state index contributed by atoms with van der Waals surface area (Å²) >= 11 is 0. The number of ether oxygens (including phenoxy) is 1. The highest BCUT2D eigenvalue weighted by Gasteiger charge is 2.44. The molecule has 2 aliphatic rings. The maximum atomic E-state index is 12.6. The Kier molecular flexibility index (Phi) is 4.10. The third-order valence-corrected chi connectivity index (χ3v) is 4.51. The van der Waals surface area contributed by atoms with Crippen LogP contribution in [0, 0.1) is 0 Å². The number of aromatic nitrogens is 3. The van der Waals surface area contributed by atoms with E-state index in [2.05, 4.69) is 15.0 Å². The van der Waals surface area contributed by atoms with Crippen LogP contribution in [0.15, 0.2) is 43.0 Å². The van der Waals surface area contributed by atoms with Gasteiger partial charge in [0.15, 0.2) is 0 Å². The Hall–Kier alpha value is -2.87. The van der Waals surface area contributed by atoms with E-state index in [1.165, 1.54) is 18.6 Å². The molecule has 4 rings (SSSR count). The number of fused-ring (bicyclic) bond motifs is 1. The van der Waals surface area contributed by atoms with Gasteiger partial charge in [0.25, 0.3) is 5.91 Å². The van der Waals surface area contributed by atoms with Crippen LogP contribution in [0.1, 0.15) is 16.2 Å². The van der Waals surface area contributed by atoms with Gasteiger partial charge < -0.3 is 14.5 Å². The summed E-state index contributed by atoms with van der Waals surface area (Å²) in [4.78, 5) is 40.6. The molecule has 2 fully saturated rings. The lowest BCUT2D eigenvalue weighted by atomic mass is 10.1. The fourth-order valence-electron chi connectivity index (χ4n) is 3.27. The van der Waals surface area contributed by atoms with E-state index >= 15 is 0 Å². The molecule has 0 N–H and O–H groups in total. The minimum atomic E-state index is -0.198. The van der Waals surface area contributed by atoms with Gasteiger partial charge in [-0.3, -0.25) is 19.6 Å². The SMILES string of the molecule is O=C(c1cnccn1)N1CC2OCC(=O)N(Cc3ccccn3)C2C1. The molecule has 0 aliphatic carbocycles. The number of carbonyl (C=O) groups is 2. The van der Waals surface area contributed by atoms with E-state index in [1.54, 1.807) is 16.0 Å². The van der Waals surface area contributed by atoms with Crippen molar-refractivity contribution in [2.75, 3.05) is 19.7 Å². The Bertz CT molecular complexity index is 770. The molecule has 8 nitrogen and oxygen atoms in total. The zero-order chi connectivity index (χ0) is 17.2. The summed E-state index contributed by atoms with van der Waals surface area (Å²) in [6.07, 6.45) is 5.97. The second-order valence-electron chi connectivity index (χ2n) is 6.06. The molecule has 8 heteroatoms. The van der Waals surface area contributed by atoms with Gasteiger partial charge in [0.05, 0.1) is 30.6 Å². The van der Waals surface area contributed by atoms with Crippen molar-refractivity contribution in [1.29, 1.82) is 0 Å². The summed E-state index contributed by atoms with van der Waals surface area (Å²) in [7, 11) is 0. The second-order valence-corrected chi connectivity index (χ2v) is 6.06. The first-order chi connectivity index (χ1) is 12.2. The highest BCUT2D eigenvalue weighted by Crippen LogP contribution is 2.25. The molecule has 0 spiro atoms. The number of carbonyl (C=O) groups excluding carboxylic acids is 2. The Morgan fingerprint density at radius 3 is 2.88 bits per heavy atom.